The Morgan fingerprint density at radius 3 is 2.67 bits per heavy atom. The minimum Gasteiger partial charge on any atom is -0.487 e. The Hall–Kier alpha value is -2.00. The van der Waals surface area contributed by atoms with Crippen molar-refractivity contribution < 1.29 is 9.84 Å². The van der Waals surface area contributed by atoms with E-state index in [0.29, 0.717) is 0 Å². The average molecular weight is 283 g/mol. The van der Waals surface area contributed by atoms with Crippen molar-refractivity contribution in [1.29, 1.82) is 0 Å². The molecule has 2 aromatic carbocycles. The van der Waals surface area contributed by atoms with E-state index in [-0.39, 0.29) is 18.2 Å². The van der Waals surface area contributed by atoms with Crippen LogP contribution in [0.3, 0.4) is 0 Å². The maximum atomic E-state index is 9.48. The van der Waals surface area contributed by atoms with Crippen molar-refractivity contribution in [3.05, 3.63) is 59.7 Å². The number of hydrogen-bond acceptors (Lipinski definition) is 3. The van der Waals surface area contributed by atoms with E-state index in [9.17, 15) is 5.11 Å². The molecule has 1 aliphatic rings. The molecule has 1 atom stereocenters. The van der Waals surface area contributed by atoms with Crippen LogP contribution < -0.4 is 10.1 Å². The van der Waals surface area contributed by atoms with E-state index < -0.39 is 0 Å². The zero-order chi connectivity index (χ0) is 14.9. The molecular formula is C18H21NO2. The summed E-state index contributed by atoms with van der Waals surface area (Å²) in [7, 11) is 0. The third-order valence-corrected chi connectivity index (χ3v) is 3.89. The van der Waals surface area contributed by atoms with Crippen LogP contribution in [0.25, 0.3) is 0 Å². The maximum Gasteiger partial charge on any atom is 0.125 e. The van der Waals surface area contributed by atoms with Gasteiger partial charge in [0.05, 0.1) is 12.6 Å². The van der Waals surface area contributed by atoms with Gasteiger partial charge in [-0.1, -0.05) is 36.4 Å². The van der Waals surface area contributed by atoms with Crippen LogP contribution >= 0.6 is 0 Å². The number of ether oxygens (including phenoxy) is 1. The van der Waals surface area contributed by atoms with E-state index in [1.165, 1.54) is 5.56 Å². The fourth-order valence-electron chi connectivity index (χ4n) is 2.92. The zero-order valence-electron chi connectivity index (χ0n) is 12.5. The SMILES string of the molecule is CC1(C)CC(Nc2ccccc2CO)c2ccccc2O1. The second-order valence-corrected chi connectivity index (χ2v) is 6.12. The number of hydrogen-bond donors (Lipinski definition) is 2. The van der Waals surface area contributed by atoms with Crippen LogP contribution in [0, 0.1) is 0 Å². The molecule has 3 rings (SSSR count). The lowest BCUT2D eigenvalue weighted by Gasteiger charge is -2.38. The Kier molecular flexibility index (Phi) is 3.60. The molecule has 0 bridgehead atoms. The average Bonchev–Trinajstić information content (AvgIpc) is 2.46. The summed E-state index contributed by atoms with van der Waals surface area (Å²) >= 11 is 0. The number of aliphatic hydroxyl groups excluding tert-OH is 1. The molecule has 2 N–H and O–H groups in total. The number of rotatable bonds is 3. The van der Waals surface area contributed by atoms with Gasteiger partial charge >= 0.3 is 0 Å². The zero-order valence-corrected chi connectivity index (χ0v) is 12.5. The molecule has 1 heterocycles. The Bertz CT molecular complexity index is 637. The van der Waals surface area contributed by atoms with Gasteiger partial charge in [-0.05, 0) is 26.0 Å². The summed E-state index contributed by atoms with van der Waals surface area (Å²) in [6.07, 6.45) is 0.879. The van der Waals surface area contributed by atoms with Gasteiger partial charge in [0.2, 0.25) is 0 Å². The van der Waals surface area contributed by atoms with Crippen LogP contribution in [-0.4, -0.2) is 10.7 Å². The van der Waals surface area contributed by atoms with Gasteiger partial charge in [-0.15, -0.1) is 0 Å². The Morgan fingerprint density at radius 1 is 1.14 bits per heavy atom. The highest BCUT2D eigenvalue weighted by atomic mass is 16.5. The first kappa shape index (κ1) is 14.0. The van der Waals surface area contributed by atoms with Crippen molar-refractivity contribution in [2.24, 2.45) is 0 Å². The fraction of sp³-hybridized carbons (Fsp3) is 0.333. The summed E-state index contributed by atoms with van der Waals surface area (Å²) < 4.78 is 6.05. The van der Waals surface area contributed by atoms with Crippen molar-refractivity contribution in [3.8, 4) is 5.75 Å². The second kappa shape index (κ2) is 5.41. The first-order valence-electron chi connectivity index (χ1n) is 7.32. The van der Waals surface area contributed by atoms with E-state index >= 15 is 0 Å². The Balaban J connectivity index is 1.95. The molecule has 0 radical (unpaired) electrons. The van der Waals surface area contributed by atoms with Crippen LogP contribution in [0.4, 0.5) is 5.69 Å². The maximum absolute atomic E-state index is 9.48. The smallest absolute Gasteiger partial charge is 0.125 e. The lowest BCUT2D eigenvalue weighted by molar-refractivity contribution is 0.0759. The first-order valence-corrected chi connectivity index (χ1v) is 7.32. The summed E-state index contributed by atoms with van der Waals surface area (Å²) in [6, 6.07) is 16.2. The predicted molar refractivity (Wildman–Crippen MR) is 84.5 cm³/mol. The van der Waals surface area contributed by atoms with E-state index in [1.807, 2.05) is 42.5 Å². The minimum absolute atomic E-state index is 0.0391. The predicted octanol–water partition coefficient (Wildman–Crippen LogP) is 3.89. The Morgan fingerprint density at radius 2 is 1.86 bits per heavy atom. The summed E-state index contributed by atoms with van der Waals surface area (Å²) in [5.41, 5.74) is 2.86. The summed E-state index contributed by atoms with van der Waals surface area (Å²) in [5, 5.41) is 13.1. The summed E-state index contributed by atoms with van der Waals surface area (Å²) in [5.74, 6) is 0.938. The van der Waals surface area contributed by atoms with Crippen LogP contribution in [0.2, 0.25) is 0 Å². The fourth-order valence-corrected chi connectivity index (χ4v) is 2.92. The molecule has 0 fully saturated rings. The number of fused-ring (bicyclic) bond motifs is 1. The summed E-state index contributed by atoms with van der Waals surface area (Å²) in [4.78, 5) is 0. The molecule has 3 nitrogen and oxygen atoms in total. The lowest BCUT2D eigenvalue weighted by Crippen LogP contribution is -2.37. The van der Waals surface area contributed by atoms with E-state index in [4.69, 9.17) is 4.74 Å². The number of nitrogens with one attached hydrogen (secondary N) is 1. The van der Waals surface area contributed by atoms with E-state index in [1.54, 1.807) is 0 Å². The van der Waals surface area contributed by atoms with E-state index in [2.05, 4.69) is 25.2 Å². The quantitative estimate of drug-likeness (QED) is 0.898. The summed E-state index contributed by atoms with van der Waals surface area (Å²) in [6.45, 7) is 4.25. The molecule has 0 aromatic heterocycles. The standard InChI is InChI=1S/C18H21NO2/c1-18(2)11-16(14-8-4-6-10-17(14)21-18)19-15-9-5-3-7-13(15)12-20/h3-10,16,19-20H,11-12H2,1-2H3. The number of aliphatic hydroxyl groups is 1. The van der Waals surface area contributed by atoms with Gasteiger partial charge < -0.3 is 15.2 Å². The monoisotopic (exact) mass is 283 g/mol. The molecule has 110 valence electrons. The topological polar surface area (TPSA) is 41.5 Å². The number of benzene rings is 2. The van der Waals surface area contributed by atoms with Gasteiger partial charge in [0.25, 0.3) is 0 Å². The molecule has 0 aliphatic carbocycles. The molecular weight excluding hydrogens is 262 g/mol. The van der Waals surface area contributed by atoms with Crippen LogP contribution in [-0.2, 0) is 6.61 Å². The molecule has 3 heteroatoms. The van der Waals surface area contributed by atoms with Gasteiger partial charge in [0.15, 0.2) is 0 Å². The highest BCUT2D eigenvalue weighted by molar-refractivity contribution is 5.54. The van der Waals surface area contributed by atoms with Crippen molar-refractivity contribution >= 4 is 5.69 Å². The molecule has 0 spiro atoms. The van der Waals surface area contributed by atoms with Gasteiger partial charge in [-0.2, -0.15) is 0 Å². The third kappa shape index (κ3) is 2.88. The highest BCUT2D eigenvalue weighted by Gasteiger charge is 2.33. The van der Waals surface area contributed by atoms with Gasteiger partial charge in [0, 0.05) is 23.2 Å². The van der Waals surface area contributed by atoms with E-state index in [0.717, 1.165) is 23.4 Å². The number of para-hydroxylation sites is 2. The van der Waals surface area contributed by atoms with Crippen molar-refractivity contribution in [2.45, 2.75) is 38.5 Å². The minimum atomic E-state index is -0.208. The number of anilines is 1. The highest BCUT2D eigenvalue weighted by Crippen LogP contribution is 2.41. The van der Waals surface area contributed by atoms with Crippen molar-refractivity contribution in [1.82, 2.24) is 0 Å². The van der Waals surface area contributed by atoms with Gasteiger partial charge in [-0.25, -0.2) is 0 Å². The third-order valence-electron chi connectivity index (χ3n) is 3.89. The molecule has 1 unspecified atom stereocenters. The van der Waals surface area contributed by atoms with Crippen molar-refractivity contribution in [3.63, 3.8) is 0 Å². The molecule has 0 saturated heterocycles. The lowest BCUT2D eigenvalue weighted by atomic mass is 9.89. The van der Waals surface area contributed by atoms with Gasteiger partial charge in [0.1, 0.15) is 11.4 Å². The largest absolute Gasteiger partial charge is 0.487 e. The molecule has 21 heavy (non-hydrogen) atoms. The van der Waals surface area contributed by atoms with Crippen LogP contribution in [0.15, 0.2) is 48.5 Å². The first-order chi connectivity index (χ1) is 10.1. The molecule has 2 aromatic rings. The normalized spacial score (nSPS) is 19.5. The Labute approximate surface area is 125 Å². The second-order valence-electron chi connectivity index (χ2n) is 6.12. The molecule has 0 amide bonds. The molecule has 1 aliphatic heterocycles. The molecule has 0 saturated carbocycles. The van der Waals surface area contributed by atoms with Crippen LogP contribution in [0.1, 0.15) is 37.4 Å². The van der Waals surface area contributed by atoms with Gasteiger partial charge in [-0.3, -0.25) is 0 Å². The van der Waals surface area contributed by atoms with Crippen LogP contribution in [0.5, 0.6) is 5.75 Å². The van der Waals surface area contributed by atoms with Crippen molar-refractivity contribution in [2.75, 3.05) is 5.32 Å².